The lowest BCUT2D eigenvalue weighted by Crippen LogP contribution is -2.19. The van der Waals surface area contributed by atoms with Gasteiger partial charge in [0.15, 0.2) is 9.84 Å². The van der Waals surface area contributed by atoms with Crippen molar-refractivity contribution in [3.8, 4) is 5.75 Å². The summed E-state index contributed by atoms with van der Waals surface area (Å²) in [4.78, 5) is 0. The van der Waals surface area contributed by atoms with Gasteiger partial charge in [-0.1, -0.05) is 18.5 Å². The highest BCUT2D eigenvalue weighted by atomic mass is 35.5. The van der Waals surface area contributed by atoms with Crippen LogP contribution in [0, 0.1) is 0 Å². The molecule has 1 aromatic carbocycles. The summed E-state index contributed by atoms with van der Waals surface area (Å²) in [5.74, 6) is 0.978. The van der Waals surface area contributed by atoms with Gasteiger partial charge in [0.25, 0.3) is 0 Å². The molecule has 1 fully saturated rings. The number of hydrogen-bond acceptors (Lipinski definition) is 4. The second-order valence-electron chi connectivity index (χ2n) is 5.41. The average Bonchev–Trinajstić information content (AvgIpc) is 3.22. The predicted molar refractivity (Wildman–Crippen MR) is 85.8 cm³/mol. The summed E-state index contributed by atoms with van der Waals surface area (Å²) >= 11 is 6.02. The molecule has 1 aliphatic carbocycles. The Balaban J connectivity index is 1.91. The van der Waals surface area contributed by atoms with E-state index in [9.17, 15) is 8.42 Å². The minimum atomic E-state index is -3.01. The summed E-state index contributed by atoms with van der Waals surface area (Å²) < 4.78 is 29.0. The van der Waals surface area contributed by atoms with Crippen LogP contribution >= 0.6 is 11.6 Å². The third-order valence-corrected chi connectivity index (χ3v) is 5.40. The van der Waals surface area contributed by atoms with Crippen molar-refractivity contribution in [3.63, 3.8) is 0 Å². The molecule has 2 rings (SSSR count). The van der Waals surface area contributed by atoms with Crippen LogP contribution in [0.15, 0.2) is 18.2 Å². The Morgan fingerprint density at radius 3 is 2.76 bits per heavy atom. The fourth-order valence-corrected chi connectivity index (χ4v) is 3.42. The SMILES string of the molecule is CCCS(=O)(=O)CCOc1ccc(Cl)cc1CNC1CC1. The smallest absolute Gasteiger partial charge is 0.153 e. The van der Waals surface area contributed by atoms with Crippen molar-refractivity contribution in [3.05, 3.63) is 28.8 Å². The summed E-state index contributed by atoms with van der Waals surface area (Å²) in [5.41, 5.74) is 0.974. The Kier molecular flexibility index (Phi) is 5.90. The van der Waals surface area contributed by atoms with Crippen LogP contribution in [-0.4, -0.2) is 32.6 Å². The maximum atomic E-state index is 11.7. The summed E-state index contributed by atoms with van der Waals surface area (Å²) in [5, 5.41) is 4.07. The van der Waals surface area contributed by atoms with E-state index in [1.807, 2.05) is 13.0 Å². The highest BCUT2D eigenvalue weighted by Crippen LogP contribution is 2.25. The van der Waals surface area contributed by atoms with Gasteiger partial charge in [0.05, 0.1) is 11.5 Å². The van der Waals surface area contributed by atoms with Crippen molar-refractivity contribution < 1.29 is 13.2 Å². The van der Waals surface area contributed by atoms with E-state index in [1.54, 1.807) is 12.1 Å². The van der Waals surface area contributed by atoms with Crippen LogP contribution in [-0.2, 0) is 16.4 Å². The van der Waals surface area contributed by atoms with Gasteiger partial charge in [-0.05, 0) is 37.5 Å². The van der Waals surface area contributed by atoms with Crippen molar-refractivity contribution in [2.24, 2.45) is 0 Å². The fourth-order valence-electron chi connectivity index (χ4n) is 2.06. The zero-order chi connectivity index (χ0) is 15.3. The van der Waals surface area contributed by atoms with Gasteiger partial charge in [0.1, 0.15) is 12.4 Å². The van der Waals surface area contributed by atoms with Gasteiger partial charge < -0.3 is 10.1 Å². The Bertz CT molecular complexity index is 570. The van der Waals surface area contributed by atoms with Gasteiger partial charge in [-0.25, -0.2) is 8.42 Å². The molecule has 6 heteroatoms. The van der Waals surface area contributed by atoms with E-state index in [2.05, 4.69) is 5.32 Å². The molecule has 0 amide bonds. The molecule has 1 saturated carbocycles. The van der Waals surface area contributed by atoms with Gasteiger partial charge >= 0.3 is 0 Å². The Morgan fingerprint density at radius 1 is 1.33 bits per heavy atom. The molecule has 0 bridgehead atoms. The molecular weight excluding hydrogens is 310 g/mol. The zero-order valence-electron chi connectivity index (χ0n) is 12.3. The summed E-state index contributed by atoms with van der Waals surface area (Å²) in [6.07, 6.45) is 3.07. The fraction of sp³-hybridized carbons (Fsp3) is 0.600. The lowest BCUT2D eigenvalue weighted by Gasteiger charge is -2.12. The second-order valence-corrected chi connectivity index (χ2v) is 8.15. The number of sulfone groups is 1. The van der Waals surface area contributed by atoms with E-state index in [-0.39, 0.29) is 18.1 Å². The molecule has 1 aromatic rings. The number of benzene rings is 1. The number of nitrogens with one attached hydrogen (secondary N) is 1. The second kappa shape index (κ2) is 7.47. The van der Waals surface area contributed by atoms with Crippen LogP contribution in [0.3, 0.4) is 0 Å². The highest BCUT2D eigenvalue weighted by molar-refractivity contribution is 7.91. The molecule has 0 heterocycles. The first-order valence-electron chi connectivity index (χ1n) is 7.35. The molecular formula is C15H22ClNO3S. The highest BCUT2D eigenvalue weighted by Gasteiger charge is 2.20. The van der Waals surface area contributed by atoms with Gasteiger partial charge in [-0.15, -0.1) is 0 Å². The van der Waals surface area contributed by atoms with Crippen LogP contribution in [0.2, 0.25) is 5.02 Å². The van der Waals surface area contributed by atoms with E-state index in [0.29, 0.717) is 29.8 Å². The van der Waals surface area contributed by atoms with Gasteiger partial charge in [0.2, 0.25) is 0 Å². The van der Waals surface area contributed by atoms with Gasteiger partial charge in [-0.2, -0.15) is 0 Å². The molecule has 0 aliphatic heterocycles. The van der Waals surface area contributed by atoms with Crippen molar-refractivity contribution in [1.82, 2.24) is 5.32 Å². The Morgan fingerprint density at radius 2 is 2.10 bits per heavy atom. The van der Waals surface area contributed by atoms with Gasteiger partial charge in [-0.3, -0.25) is 0 Å². The molecule has 0 unspecified atom stereocenters. The number of hydrogen-bond donors (Lipinski definition) is 1. The molecule has 118 valence electrons. The van der Waals surface area contributed by atoms with Crippen molar-refractivity contribution in [2.75, 3.05) is 18.1 Å². The number of rotatable bonds is 9. The van der Waals surface area contributed by atoms with Crippen LogP contribution in [0.1, 0.15) is 31.7 Å². The summed E-state index contributed by atoms with van der Waals surface area (Å²) in [7, 11) is -3.01. The Hall–Kier alpha value is -0.780. The minimum absolute atomic E-state index is 0.0545. The van der Waals surface area contributed by atoms with Crippen LogP contribution in [0.25, 0.3) is 0 Å². The van der Waals surface area contributed by atoms with E-state index in [1.165, 1.54) is 12.8 Å². The van der Waals surface area contributed by atoms with Crippen molar-refractivity contribution in [1.29, 1.82) is 0 Å². The van der Waals surface area contributed by atoms with Crippen molar-refractivity contribution >= 4 is 21.4 Å². The lowest BCUT2D eigenvalue weighted by atomic mass is 10.2. The van der Waals surface area contributed by atoms with E-state index < -0.39 is 9.84 Å². The monoisotopic (exact) mass is 331 g/mol. The molecule has 0 spiro atoms. The molecule has 21 heavy (non-hydrogen) atoms. The third kappa shape index (κ3) is 5.85. The molecule has 4 nitrogen and oxygen atoms in total. The first-order valence-corrected chi connectivity index (χ1v) is 9.55. The topological polar surface area (TPSA) is 55.4 Å². The van der Waals surface area contributed by atoms with Crippen molar-refractivity contribution in [2.45, 2.75) is 38.8 Å². The maximum absolute atomic E-state index is 11.7. The molecule has 0 atom stereocenters. The maximum Gasteiger partial charge on any atom is 0.153 e. The molecule has 0 radical (unpaired) electrons. The summed E-state index contributed by atoms with van der Waals surface area (Å²) in [6, 6.07) is 6.03. The zero-order valence-corrected chi connectivity index (χ0v) is 13.8. The molecule has 0 aromatic heterocycles. The van der Waals surface area contributed by atoms with E-state index in [4.69, 9.17) is 16.3 Å². The van der Waals surface area contributed by atoms with Crippen LogP contribution in [0.5, 0.6) is 5.75 Å². The molecule has 0 saturated heterocycles. The lowest BCUT2D eigenvalue weighted by molar-refractivity contribution is 0.336. The quantitative estimate of drug-likeness (QED) is 0.756. The molecule has 1 N–H and O–H groups in total. The third-order valence-electron chi connectivity index (χ3n) is 3.35. The Labute approximate surface area is 131 Å². The van der Waals surface area contributed by atoms with E-state index >= 15 is 0 Å². The summed E-state index contributed by atoms with van der Waals surface area (Å²) in [6.45, 7) is 2.74. The minimum Gasteiger partial charge on any atom is -0.492 e. The number of halogens is 1. The first kappa shape index (κ1) is 16.6. The largest absolute Gasteiger partial charge is 0.492 e. The van der Waals surface area contributed by atoms with Crippen LogP contribution in [0.4, 0.5) is 0 Å². The first-order chi connectivity index (χ1) is 10.00. The standard InChI is InChI=1S/C15H22ClNO3S/c1-2-8-21(18,19)9-7-20-15-6-3-13(16)10-12(15)11-17-14-4-5-14/h3,6,10,14,17H,2,4-5,7-9,11H2,1H3. The predicted octanol–water partition coefficient (Wildman–Crippen LogP) is 2.80. The number of ether oxygens (including phenoxy) is 1. The van der Waals surface area contributed by atoms with Gasteiger partial charge in [0, 0.05) is 23.2 Å². The van der Waals surface area contributed by atoms with Crippen LogP contribution < -0.4 is 10.1 Å². The normalized spacial score (nSPS) is 15.1. The average molecular weight is 332 g/mol. The van der Waals surface area contributed by atoms with E-state index in [0.717, 1.165) is 5.56 Å². The molecule has 1 aliphatic rings.